The van der Waals surface area contributed by atoms with Gasteiger partial charge in [-0.2, -0.15) is 0 Å². The fourth-order valence-corrected chi connectivity index (χ4v) is 2.97. The Labute approximate surface area is 189 Å². The molecular weight excluding hydrogens is 402 g/mol. The molecule has 6 nitrogen and oxygen atoms in total. The molecule has 0 aliphatic rings. The predicted molar refractivity (Wildman–Crippen MR) is 128 cm³/mol. The summed E-state index contributed by atoms with van der Waals surface area (Å²) in [4.78, 5) is 24.6. The smallest absolute Gasteiger partial charge is 0.251 e. The number of benzene rings is 3. The van der Waals surface area contributed by atoms with Crippen molar-refractivity contribution in [3.8, 4) is 5.75 Å². The lowest BCUT2D eigenvalue weighted by Crippen LogP contribution is -2.23. The Hall–Kier alpha value is -3.80. The Morgan fingerprint density at radius 3 is 2.38 bits per heavy atom. The molecule has 0 bridgehead atoms. The number of ether oxygens (including phenoxy) is 1. The van der Waals surface area contributed by atoms with Gasteiger partial charge in [0.05, 0.1) is 12.6 Å². The van der Waals surface area contributed by atoms with Gasteiger partial charge >= 0.3 is 0 Å². The summed E-state index contributed by atoms with van der Waals surface area (Å²) < 4.78 is 5.79. The molecule has 0 aromatic heterocycles. The van der Waals surface area contributed by atoms with Crippen LogP contribution in [0, 0.1) is 0 Å². The van der Waals surface area contributed by atoms with Crippen LogP contribution in [0.2, 0.25) is 0 Å². The van der Waals surface area contributed by atoms with Crippen LogP contribution in [0.25, 0.3) is 0 Å². The average molecular weight is 432 g/mol. The molecule has 166 valence electrons. The van der Waals surface area contributed by atoms with Crippen LogP contribution in [0.15, 0.2) is 78.9 Å². The molecule has 0 saturated carbocycles. The summed E-state index contributed by atoms with van der Waals surface area (Å²) in [6, 6.07) is 24.1. The Bertz CT molecular complexity index is 1020. The highest BCUT2D eigenvalue weighted by molar-refractivity contribution is 5.95. The summed E-state index contributed by atoms with van der Waals surface area (Å²) in [5.41, 5.74) is 3.05. The van der Waals surface area contributed by atoms with Crippen LogP contribution in [-0.2, 0) is 11.3 Å². The summed E-state index contributed by atoms with van der Waals surface area (Å²) in [6.07, 6.45) is 1.03. The number of anilines is 2. The lowest BCUT2D eigenvalue weighted by atomic mass is 10.1. The topological polar surface area (TPSA) is 79.5 Å². The monoisotopic (exact) mass is 431 g/mol. The van der Waals surface area contributed by atoms with Crippen molar-refractivity contribution >= 4 is 23.2 Å². The van der Waals surface area contributed by atoms with Gasteiger partial charge in [-0.15, -0.1) is 0 Å². The van der Waals surface area contributed by atoms with E-state index in [4.69, 9.17) is 4.74 Å². The maximum Gasteiger partial charge on any atom is 0.251 e. The molecule has 3 aromatic carbocycles. The molecule has 0 spiro atoms. The van der Waals surface area contributed by atoms with E-state index in [9.17, 15) is 9.59 Å². The second-order valence-electron chi connectivity index (χ2n) is 7.51. The summed E-state index contributed by atoms with van der Waals surface area (Å²) in [5, 5.41) is 8.83. The number of nitrogens with one attached hydrogen (secondary N) is 3. The van der Waals surface area contributed by atoms with Gasteiger partial charge in [0.2, 0.25) is 5.91 Å². The highest BCUT2D eigenvalue weighted by Gasteiger charge is 2.07. The van der Waals surface area contributed by atoms with Crippen molar-refractivity contribution in [2.75, 3.05) is 17.2 Å². The van der Waals surface area contributed by atoms with E-state index in [0.29, 0.717) is 17.8 Å². The first-order chi connectivity index (χ1) is 15.5. The summed E-state index contributed by atoms with van der Waals surface area (Å²) >= 11 is 0. The fourth-order valence-electron chi connectivity index (χ4n) is 2.97. The van der Waals surface area contributed by atoms with Crippen LogP contribution in [-0.4, -0.2) is 24.5 Å². The molecule has 1 atom stereocenters. The third-order valence-corrected chi connectivity index (χ3v) is 4.93. The standard InChI is InChI=1S/C26H29N3O3/c1-3-19(2)32-24-11-7-10-23(16-24)29-25(30)18-27-22-14-12-21(13-15-22)26(31)28-17-20-8-5-4-6-9-20/h4-16,19,27H,3,17-18H2,1-2H3,(H,28,31)(H,29,30). The number of rotatable bonds is 10. The Balaban J connectivity index is 1.46. The maximum atomic E-state index is 12.3. The second kappa shape index (κ2) is 11.6. The number of hydrogen-bond donors (Lipinski definition) is 3. The fraction of sp³-hybridized carbons (Fsp3) is 0.231. The zero-order valence-electron chi connectivity index (χ0n) is 18.4. The molecule has 3 N–H and O–H groups in total. The van der Waals surface area contributed by atoms with E-state index in [1.807, 2.05) is 61.5 Å². The first-order valence-electron chi connectivity index (χ1n) is 10.8. The van der Waals surface area contributed by atoms with Crippen molar-refractivity contribution in [1.29, 1.82) is 0 Å². The molecule has 0 fully saturated rings. The van der Waals surface area contributed by atoms with Crippen molar-refractivity contribution in [2.24, 2.45) is 0 Å². The van der Waals surface area contributed by atoms with E-state index in [0.717, 1.165) is 23.4 Å². The van der Waals surface area contributed by atoms with Gasteiger partial charge in [0, 0.05) is 29.5 Å². The summed E-state index contributed by atoms with van der Waals surface area (Å²) in [5.74, 6) is 0.416. The predicted octanol–water partition coefficient (Wildman–Crippen LogP) is 4.84. The molecular formula is C26H29N3O3. The van der Waals surface area contributed by atoms with Gasteiger partial charge in [-0.1, -0.05) is 43.3 Å². The highest BCUT2D eigenvalue weighted by Crippen LogP contribution is 2.19. The van der Waals surface area contributed by atoms with E-state index in [1.165, 1.54) is 0 Å². The average Bonchev–Trinajstić information content (AvgIpc) is 2.82. The molecule has 3 aromatic rings. The quantitative estimate of drug-likeness (QED) is 0.429. The zero-order valence-corrected chi connectivity index (χ0v) is 18.4. The van der Waals surface area contributed by atoms with Crippen molar-refractivity contribution in [1.82, 2.24) is 5.32 Å². The van der Waals surface area contributed by atoms with Gasteiger partial charge in [0.25, 0.3) is 5.91 Å². The van der Waals surface area contributed by atoms with Crippen LogP contribution < -0.4 is 20.7 Å². The Kier molecular flexibility index (Phi) is 8.26. The van der Waals surface area contributed by atoms with Gasteiger partial charge in [0.15, 0.2) is 0 Å². The van der Waals surface area contributed by atoms with E-state index in [-0.39, 0.29) is 24.5 Å². The van der Waals surface area contributed by atoms with Crippen LogP contribution in [0.3, 0.4) is 0 Å². The van der Waals surface area contributed by atoms with Crippen LogP contribution in [0.1, 0.15) is 36.2 Å². The van der Waals surface area contributed by atoms with Gasteiger partial charge in [-0.05, 0) is 55.3 Å². The third kappa shape index (κ3) is 7.16. The second-order valence-corrected chi connectivity index (χ2v) is 7.51. The van der Waals surface area contributed by atoms with E-state index in [1.54, 1.807) is 24.3 Å². The molecule has 2 amide bonds. The minimum Gasteiger partial charge on any atom is -0.491 e. The number of carbonyl (C=O) groups is 2. The maximum absolute atomic E-state index is 12.3. The minimum absolute atomic E-state index is 0.107. The summed E-state index contributed by atoms with van der Waals surface area (Å²) in [6.45, 7) is 4.65. The van der Waals surface area contributed by atoms with E-state index in [2.05, 4.69) is 22.9 Å². The molecule has 0 saturated heterocycles. The Morgan fingerprint density at radius 1 is 0.906 bits per heavy atom. The number of carbonyl (C=O) groups excluding carboxylic acids is 2. The molecule has 0 radical (unpaired) electrons. The molecule has 3 rings (SSSR count). The van der Waals surface area contributed by atoms with Gasteiger partial charge in [0.1, 0.15) is 5.75 Å². The van der Waals surface area contributed by atoms with Crippen molar-refractivity contribution in [3.63, 3.8) is 0 Å². The normalized spacial score (nSPS) is 11.3. The summed E-state index contributed by atoms with van der Waals surface area (Å²) in [7, 11) is 0. The van der Waals surface area contributed by atoms with Crippen molar-refractivity contribution in [2.45, 2.75) is 32.9 Å². The van der Waals surface area contributed by atoms with Crippen molar-refractivity contribution in [3.05, 3.63) is 90.0 Å². The lowest BCUT2D eigenvalue weighted by molar-refractivity contribution is -0.114. The zero-order chi connectivity index (χ0) is 22.8. The van der Waals surface area contributed by atoms with E-state index >= 15 is 0 Å². The van der Waals surface area contributed by atoms with Crippen LogP contribution in [0.5, 0.6) is 5.75 Å². The van der Waals surface area contributed by atoms with Crippen LogP contribution in [0.4, 0.5) is 11.4 Å². The van der Waals surface area contributed by atoms with E-state index < -0.39 is 0 Å². The first-order valence-corrected chi connectivity index (χ1v) is 10.8. The Morgan fingerprint density at radius 2 is 1.66 bits per heavy atom. The van der Waals surface area contributed by atoms with Gasteiger partial charge in [-0.25, -0.2) is 0 Å². The molecule has 32 heavy (non-hydrogen) atoms. The SMILES string of the molecule is CCC(C)Oc1cccc(NC(=O)CNc2ccc(C(=O)NCc3ccccc3)cc2)c1. The molecule has 6 heteroatoms. The van der Waals surface area contributed by atoms with Gasteiger partial charge in [-0.3, -0.25) is 9.59 Å². The molecule has 1 unspecified atom stereocenters. The molecule has 0 aliphatic carbocycles. The third-order valence-electron chi connectivity index (χ3n) is 4.93. The number of amides is 2. The lowest BCUT2D eigenvalue weighted by Gasteiger charge is -2.14. The van der Waals surface area contributed by atoms with Gasteiger partial charge < -0.3 is 20.7 Å². The van der Waals surface area contributed by atoms with Crippen LogP contribution >= 0.6 is 0 Å². The first kappa shape index (κ1) is 22.9. The number of hydrogen-bond acceptors (Lipinski definition) is 4. The largest absolute Gasteiger partial charge is 0.491 e. The minimum atomic E-state index is -0.171. The molecule has 0 heterocycles. The highest BCUT2D eigenvalue weighted by atomic mass is 16.5. The molecule has 0 aliphatic heterocycles. The van der Waals surface area contributed by atoms with Crippen molar-refractivity contribution < 1.29 is 14.3 Å².